The van der Waals surface area contributed by atoms with Crippen LogP contribution >= 0.6 is 11.6 Å². The third-order valence-electron chi connectivity index (χ3n) is 2.42. The number of carbonyl (C=O) groups is 1. The van der Waals surface area contributed by atoms with Crippen LogP contribution in [-0.2, 0) is 4.74 Å². The van der Waals surface area contributed by atoms with Crippen molar-refractivity contribution in [2.75, 3.05) is 6.61 Å². The van der Waals surface area contributed by atoms with Gasteiger partial charge in [0.15, 0.2) is 0 Å². The average Bonchev–Trinajstić information content (AvgIpc) is 2.34. The molecule has 6 heteroatoms. The van der Waals surface area contributed by atoms with Crippen LogP contribution in [0.25, 0.3) is 10.9 Å². The number of fused-ring (bicyclic) bond motifs is 1. The first kappa shape index (κ1) is 12.6. The van der Waals surface area contributed by atoms with Gasteiger partial charge in [-0.05, 0) is 25.1 Å². The van der Waals surface area contributed by atoms with Gasteiger partial charge in [0.05, 0.1) is 18.3 Å². The standard InChI is InChI=1S/C12H9ClFNO3/c1-2-18-12(17)9-6-15(14)10-5-7(13)3-4-8(10)11(9)16/h3-6H,2H2,1H3. The highest BCUT2D eigenvalue weighted by Gasteiger charge is 2.16. The highest BCUT2D eigenvalue weighted by atomic mass is 35.5. The van der Waals surface area contributed by atoms with E-state index in [0.29, 0.717) is 5.02 Å². The highest BCUT2D eigenvalue weighted by molar-refractivity contribution is 6.31. The van der Waals surface area contributed by atoms with E-state index in [1.165, 1.54) is 18.2 Å². The zero-order valence-electron chi connectivity index (χ0n) is 9.44. The molecule has 4 nitrogen and oxygen atoms in total. The maximum Gasteiger partial charge on any atom is 0.343 e. The van der Waals surface area contributed by atoms with Crippen LogP contribution in [0.15, 0.2) is 29.2 Å². The molecule has 0 aliphatic carbocycles. The van der Waals surface area contributed by atoms with Crippen molar-refractivity contribution in [1.29, 1.82) is 0 Å². The lowest BCUT2D eigenvalue weighted by Crippen LogP contribution is -2.19. The number of benzene rings is 1. The number of hydrogen-bond donors (Lipinski definition) is 0. The smallest absolute Gasteiger partial charge is 0.343 e. The number of hydrogen-bond acceptors (Lipinski definition) is 3. The molecule has 0 saturated heterocycles. The van der Waals surface area contributed by atoms with E-state index in [9.17, 15) is 14.1 Å². The summed E-state index contributed by atoms with van der Waals surface area (Å²) in [5.74, 6) is -0.842. The van der Waals surface area contributed by atoms with Gasteiger partial charge in [0, 0.05) is 10.4 Å². The van der Waals surface area contributed by atoms with Crippen LogP contribution in [0.4, 0.5) is 4.48 Å². The zero-order valence-corrected chi connectivity index (χ0v) is 10.2. The average molecular weight is 270 g/mol. The summed E-state index contributed by atoms with van der Waals surface area (Å²) in [5.41, 5.74) is -0.899. The maximum absolute atomic E-state index is 13.7. The molecule has 0 bridgehead atoms. The molecule has 94 valence electrons. The molecule has 0 N–H and O–H groups in total. The monoisotopic (exact) mass is 269 g/mol. The number of rotatable bonds is 2. The molecular weight excluding hydrogens is 261 g/mol. The Kier molecular flexibility index (Phi) is 3.34. The molecule has 2 rings (SSSR count). The molecule has 0 unspecified atom stereocenters. The van der Waals surface area contributed by atoms with E-state index in [4.69, 9.17) is 16.3 Å². The summed E-state index contributed by atoms with van der Waals surface area (Å²) >= 11 is 5.72. The van der Waals surface area contributed by atoms with Crippen molar-refractivity contribution in [2.24, 2.45) is 0 Å². The predicted molar refractivity (Wildman–Crippen MR) is 65.7 cm³/mol. The minimum Gasteiger partial charge on any atom is -0.462 e. The van der Waals surface area contributed by atoms with Crippen LogP contribution in [0.3, 0.4) is 0 Å². The Morgan fingerprint density at radius 2 is 2.22 bits per heavy atom. The quantitative estimate of drug-likeness (QED) is 0.787. The Hall–Kier alpha value is -1.88. The molecular formula is C12H9ClFNO3. The molecule has 0 spiro atoms. The molecule has 0 aliphatic heterocycles. The summed E-state index contributed by atoms with van der Waals surface area (Å²) in [6.07, 6.45) is 0.805. The first-order valence-electron chi connectivity index (χ1n) is 5.22. The summed E-state index contributed by atoms with van der Waals surface area (Å²) in [7, 11) is 0. The summed E-state index contributed by atoms with van der Waals surface area (Å²) < 4.78 is 18.4. The van der Waals surface area contributed by atoms with E-state index in [1.807, 2.05) is 0 Å². The third kappa shape index (κ3) is 2.09. The number of pyridine rings is 1. The molecule has 0 amide bonds. The van der Waals surface area contributed by atoms with Gasteiger partial charge in [0.1, 0.15) is 5.56 Å². The number of esters is 1. The Bertz CT molecular complexity index is 681. The van der Waals surface area contributed by atoms with Gasteiger partial charge in [-0.25, -0.2) is 4.79 Å². The van der Waals surface area contributed by atoms with Crippen LogP contribution in [-0.4, -0.2) is 17.4 Å². The van der Waals surface area contributed by atoms with Gasteiger partial charge in [-0.1, -0.05) is 16.1 Å². The fourth-order valence-corrected chi connectivity index (χ4v) is 1.78. The molecule has 0 fully saturated rings. The van der Waals surface area contributed by atoms with E-state index in [-0.39, 0.29) is 27.9 Å². The molecule has 0 aliphatic rings. The highest BCUT2D eigenvalue weighted by Crippen LogP contribution is 2.18. The van der Waals surface area contributed by atoms with Crippen LogP contribution in [0.1, 0.15) is 17.3 Å². The Morgan fingerprint density at radius 1 is 1.50 bits per heavy atom. The molecule has 1 heterocycles. The molecule has 1 aromatic carbocycles. The first-order chi connectivity index (χ1) is 8.54. The van der Waals surface area contributed by atoms with Gasteiger partial charge in [0.25, 0.3) is 0 Å². The van der Waals surface area contributed by atoms with Crippen LogP contribution in [0, 0.1) is 0 Å². The Morgan fingerprint density at radius 3 is 2.89 bits per heavy atom. The SMILES string of the molecule is CCOC(=O)c1cn(F)c2cc(Cl)ccc2c1=O. The van der Waals surface area contributed by atoms with Crippen molar-refractivity contribution in [3.05, 3.63) is 45.2 Å². The maximum atomic E-state index is 13.7. The lowest BCUT2D eigenvalue weighted by atomic mass is 10.1. The van der Waals surface area contributed by atoms with Crippen molar-refractivity contribution >= 4 is 28.5 Å². The Labute approximate surface area is 106 Å². The van der Waals surface area contributed by atoms with Crippen LogP contribution < -0.4 is 5.43 Å². The van der Waals surface area contributed by atoms with E-state index < -0.39 is 11.4 Å². The fraction of sp³-hybridized carbons (Fsp3) is 0.167. The van der Waals surface area contributed by atoms with Gasteiger partial charge >= 0.3 is 5.97 Å². The lowest BCUT2D eigenvalue weighted by Gasteiger charge is -2.06. The van der Waals surface area contributed by atoms with Crippen molar-refractivity contribution in [1.82, 2.24) is 4.79 Å². The zero-order chi connectivity index (χ0) is 13.3. The Balaban J connectivity index is 2.73. The topological polar surface area (TPSA) is 48.3 Å². The molecule has 18 heavy (non-hydrogen) atoms. The first-order valence-corrected chi connectivity index (χ1v) is 5.60. The van der Waals surface area contributed by atoms with Gasteiger partial charge in [0.2, 0.25) is 5.43 Å². The largest absolute Gasteiger partial charge is 0.462 e. The number of aromatic nitrogens is 1. The molecule has 1 aromatic heterocycles. The second kappa shape index (κ2) is 4.78. The normalized spacial score (nSPS) is 10.6. The number of halogens is 2. The summed E-state index contributed by atoms with van der Waals surface area (Å²) in [6.45, 7) is 1.72. The molecule has 0 radical (unpaired) electrons. The van der Waals surface area contributed by atoms with Gasteiger partial charge in [-0.2, -0.15) is 4.79 Å². The molecule has 0 atom stereocenters. The minimum atomic E-state index is -0.842. The van der Waals surface area contributed by atoms with E-state index >= 15 is 0 Å². The predicted octanol–water partition coefficient (Wildman–Crippen LogP) is 2.56. The summed E-state index contributed by atoms with van der Waals surface area (Å²) in [4.78, 5) is 23.7. The van der Waals surface area contributed by atoms with Crippen molar-refractivity contribution in [2.45, 2.75) is 6.92 Å². The number of ether oxygens (including phenoxy) is 1. The fourth-order valence-electron chi connectivity index (χ4n) is 1.61. The number of nitrogens with zero attached hydrogens (tertiary/aromatic N) is 1. The van der Waals surface area contributed by atoms with Crippen LogP contribution in [0.2, 0.25) is 5.02 Å². The summed E-state index contributed by atoms with van der Waals surface area (Å²) in [6, 6.07) is 4.15. The lowest BCUT2D eigenvalue weighted by molar-refractivity contribution is 0.0523. The second-order valence-electron chi connectivity index (χ2n) is 3.57. The number of carbonyl (C=O) groups excluding carboxylic acids is 1. The molecule has 0 saturated carbocycles. The third-order valence-corrected chi connectivity index (χ3v) is 2.65. The van der Waals surface area contributed by atoms with E-state index in [1.54, 1.807) is 6.92 Å². The minimum absolute atomic E-state index is 0.0144. The van der Waals surface area contributed by atoms with Gasteiger partial charge in [-0.3, -0.25) is 4.79 Å². The van der Waals surface area contributed by atoms with Crippen molar-refractivity contribution < 1.29 is 14.0 Å². The molecule has 2 aromatic rings. The second-order valence-corrected chi connectivity index (χ2v) is 4.00. The summed E-state index contributed by atoms with van der Waals surface area (Å²) in [5, 5.41) is 0.379. The van der Waals surface area contributed by atoms with Crippen molar-refractivity contribution in [3.8, 4) is 0 Å². The van der Waals surface area contributed by atoms with Gasteiger partial charge in [-0.15, -0.1) is 0 Å². The van der Waals surface area contributed by atoms with E-state index in [0.717, 1.165) is 6.20 Å². The van der Waals surface area contributed by atoms with Crippen LogP contribution in [0.5, 0.6) is 0 Å². The van der Waals surface area contributed by atoms with Gasteiger partial charge < -0.3 is 4.74 Å². The van der Waals surface area contributed by atoms with E-state index in [2.05, 4.69) is 0 Å². The van der Waals surface area contributed by atoms with Crippen molar-refractivity contribution in [3.63, 3.8) is 0 Å².